The topological polar surface area (TPSA) is 43.9 Å². The normalized spacial score (nSPS) is 18.6. The van der Waals surface area contributed by atoms with Crippen LogP contribution >= 0.6 is 0 Å². The smallest absolute Gasteiger partial charge is 0.378 e. The van der Waals surface area contributed by atoms with E-state index in [9.17, 15) is 21.6 Å². The summed E-state index contributed by atoms with van der Waals surface area (Å²) in [5.41, 5.74) is 1.40. The molecular weight excluding hydrogens is 451 g/mol. The molecule has 5 nitrogen and oxygen atoms in total. The largest absolute Gasteiger partial charge is 0.416 e. The molecule has 9 heteroatoms. The van der Waals surface area contributed by atoms with E-state index < -0.39 is 21.8 Å². The van der Waals surface area contributed by atoms with Crippen molar-refractivity contribution in [3.63, 3.8) is 0 Å². The van der Waals surface area contributed by atoms with Gasteiger partial charge in [0.15, 0.2) is 0 Å². The molecule has 2 aromatic rings. The first-order chi connectivity index (χ1) is 15.6. The molecular formula is C24H30F3N3O2S. The van der Waals surface area contributed by atoms with Crippen LogP contribution in [0.25, 0.3) is 0 Å². The van der Waals surface area contributed by atoms with Gasteiger partial charge in [-0.25, -0.2) is 8.42 Å². The first kappa shape index (κ1) is 24.0. The van der Waals surface area contributed by atoms with E-state index in [1.165, 1.54) is 22.0 Å². The molecule has 2 fully saturated rings. The minimum atomic E-state index is -4.58. The zero-order chi connectivity index (χ0) is 23.8. The fourth-order valence-corrected chi connectivity index (χ4v) is 6.44. The summed E-state index contributed by atoms with van der Waals surface area (Å²) in [6, 6.07) is 12.2. The number of hydrogen-bond donors (Lipinski definition) is 0. The number of rotatable bonds is 7. The van der Waals surface area contributed by atoms with Crippen molar-refractivity contribution in [2.75, 3.05) is 32.1 Å². The van der Waals surface area contributed by atoms with Crippen LogP contribution < -0.4 is 4.90 Å². The Morgan fingerprint density at radius 1 is 0.939 bits per heavy atom. The van der Waals surface area contributed by atoms with Gasteiger partial charge in [0.05, 0.1) is 10.5 Å². The van der Waals surface area contributed by atoms with Crippen LogP contribution in [0.3, 0.4) is 0 Å². The lowest BCUT2D eigenvalue weighted by Crippen LogP contribution is -2.48. The van der Waals surface area contributed by atoms with Crippen LogP contribution in [0.1, 0.15) is 36.8 Å². The minimum absolute atomic E-state index is 0.111. The number of likely N-dealkylation sites (tertiary alicyclic amines) is 1. The Hall–Kier alpha value is -2.10. The Balaban J connectivity index is 1.44. The third-order valence-electron chi connectivity index (χ3n) is 6.42. The molecule has 0 spiro atoms. The number of anilines is 1. The van der Waals surface area contributed by atoms with Gasteiger partial charge < -0.3 is 4.90 Å². The summed E-state index contributed by atoms with van der Waals surface area (Å²) >= 11 is 0. The number of alkyl halides is 3. The van der Waals surface area contributed by atoms with Crippen LogP contribution in [0, 0.1) is 0 Å². The van der Waals surface area contributed by atoms with Crippen molar-refractivity contribution in [3.05, 3.63) is 59.7 Å². The van der Waals surface area contributed by atoms with Crippen molar-refractivity contribution in [2.45, 2.75) is 55.4 Å². The number of nitrogens with zero attached hydrogens (tertiary/aromatic N) is 3. The van der Waals surface area contributed by atoms with Gasteiger partial charge >= 0.3 is 6.18 Å². The van der Waals surface area contributed by atoms with Crippen LogP contribution in [-0.4, -0.2) is 56.9 Å². The van der Waals surface area contributed by atoms with Crippen molar-refractivity contribution in [1.82, 2.24) is 9.21 Å². The van der Waals surface area contributed by atoms with E-state index in [-0.39, 0.29) is 17.0 Å². The van der Waals surface area contributed by atoms with Crippen LogP contribution in [0.4, 0.5) is 18.9 Å². The molecule has 1 heterocycles. The fraction of sp³-hybridized carbons (Fsp3) is 0.500. The summed E-state index contributed by atoms with van der Waals surface area (Å²) in [5.74, 6) is 0. The number of piperidine rings is 1. The summed E-state index contributed by atoms with van der Waals surface area (Å²) in [4.78, 5) is 4.09. The second-order valence-electron chi connectivity index (χ2n) is 9.16. The molecule has 0 bridgehead atoms. The summed E-state index contributed by atoms with van der Waals surface area (Å²) in [7, 11) is -0.00170. The molecule has 0 N–H and O–H groups in total. The lowest BCUT2D eigenvalue weighted by Gasteiger charge is -2.38. The van der Waals surface area contributed by atoms with Gasteiger partial charge in [-0.3, -0.25) is 4.90 Å². The Labute approximate surface area is 193 Å². The first-order valence-electron chi connectivity index (χ1n) is 11.2. The third-order valence-corrected chi connectivity index (χ3v) is 8.42. The van der Waals surface area contributed by atoms with E-state index in [1.54, 1.807) is 0 Å². The van der Waals surface area contributed by atoms with E-state index in [2.05, 4.69) is 29.2 Å². The SMILES string of the molecule is CN(C)c1ccc(CN2CCC(N(C3CC3)S(=O)(=O)c3cccc(C(F)(F)F)c3)CC2)cc1. The van der Waals surface area contributed by atoms with Gasteiger partial charge in [0.1, 0.15) is 0 Å². The van der Waals surface area contributed by atoms with E-state index in [0.29, 0.717) is 12.8 Å². The van der Waals surface area contributed by atoms with Gasteiger partial charge in [0, 0.05) is 51.5 Å². The van der Waals surface area contributed by atoms with E-state index in [1.807, 2.05) is 19.0 Å². The van der Waals surface area contributed by atoms with E-state index in [0.717, 1.165) is 50.3 Å². The molecule has 180 valence electrons. The molecule has 1 aliphatic carbocycles. The molecule has 0 unspecified atom stereocenters. The van der Waals surface area contributed by atoms with E-state index in [4.69, 9.17) is 0 Å². The lowest BCUT2D eigenvalue weighted by molar-refractivity contribution is -0.137. The molecule has 4 rings (SSSR count). The summed E-state index contributed by atoms with van der Waals surface area (Å²) < 4.78 is 67.7. The Bertz CT molecular complexity index is 1060. The van der Waals surface area contributed by atoms with Crippen LogP contribution in [0.5, 0.6) is 0 Å². The Morgan fingerprint density at radius 2 is 1.55 bits per heavy atom. The van der Waals surface area contributed by atoms with E-state index >= 15 is 0 Å². The second kappa shape index (κ2) is 9.27. The van der Waals surface area contributed by atoms with Gasteiger partial charge in [-0.05, 0) is 61.6 Å². The van der Waals surface area contributed by atoms with Crippen LogP contribution in [-0.2, 0) is 22.7 Å². The molecule has 1 saturated heterocycles. The van der Waals surface area contributed by atoms with Crippen molar-refractivity contribution in [2.24, 2.45) is 0 Å². The lowest BCUT2D eigenvalue weighted by atomic mass is 10.0. The van der Waals surface area contributed by atoms with Crippen molar-refractivity contribution < 1.29 is 21.6 Å². The maximum atomic E-state index is 13.4. The van der Waals surface area contributed by atoms with Gasteiger partial charge in [-0.15, -0.1) is 0 Å². The first-order valence-corrected chi connectivity index (χ1v) is 12.7. The molecule has 33 heavy (non-hydrogen) atoms. The molecule has 1 saturated carbocycles. The number of sulfonamides is 1. The van der Waals surface area contributed by atoms with Gasteiger partial charge in [0.2, 0.25) is 10.0 Å². The molecule has 0 radical (unpaired) electrons. The molecule has 2 aromatic carbocycles. The number of benzene rings is 2. The van der Waals surface area contributed by atoms with Crippen molar-refractivity contribution >= 4 is 15.7 Å². The highest BCUT2D eigenvalue weighted by Gasteiger charge is 2.44. The minimum Gasteiger partial charge on any atom is -0.378 e. The van der Waals surface area contributed by atoms with Crippen LogP contribution in [0.2, 0.25) is 0 Å². The molecule has 1 aliphatic heterocycles. The highest BCUT2D eigenvalue weighted by atomic mass is 32.2. The standard InChI is InChI=1S/C24H30F3N3O2S/c1-28(2)20-8-6-18(7-9-20)17-29-14-12-22(13-15-29)30(21-10-11-21)33(31,32)23-5-3-4-19(16-23)24(25,26)27/h3-9,16,21-22H,10-15,17H2,1-2H3. The zero-order valence-corrected chi connectivity index (χ0v) is 19.7. The summed E-state index contributed by atoms with van der Waals surface area (Å²) in [6.07, 6.45) is -1.71. The highest BCUT2D eigenvalue weighted by molar-refractivity contribution is 7.89. The monoisotopic (exact) mass is 481 g/mol. The van der Waals surface area contributed by atoms with Crippen molar-refractivity contribution in [3.8, 4) is 0 Å². The van der Waals surface area contributed by atoms with Crippen molar-refractivity contribution in [1.29, 1.82) is 0 Å². The van der Waals surface area contributed by atoms with Gasteiger partial charge in [0.25, 0.3) is 0 Å². The van der Waals surface area contributed by atoms with Gasteiger partial charge in [-0.1, -0.05) is 18.2 Å². The van der Waals surface area contributed by atoms with Gasteiger partial charge in [-0.2, -0.15) is 17.5 Å². The summed E-state index contributed by atoms with van der Waals surface area (Å²) in [5, 5.41) is 0. The average molecular weight is 482 g/mol. The predicted octanol–water partition coefficient (Wildman–Crippen LogP) is 4.59. The maximum Gasteiger partial charge on any atom is 0.416 e. The fourth-order valence-electron chi connectivity index (χ4n) is 4.46. The quantitative estimate of drug-likeness (QED) is 0.580. The predicted molar refractivity (Wildman–Crippen MR) is 123 cm³/mol. The number of hydrogen-bond acceptors (Lipinski definition) is 4. The Morgan fingerprint density at radius 3 is 2.09 bits per heavy atom. The molecule has 0 amide bonds. The molecule has 0 aromatic heterocycles. The summed E-state index contributed by atoms with van der Waals surface area (Å²) in [6.45, 7) is 2.30. The molecule has 2 aliphatic rings. The second-order valence-corrected chi connectivity index (χ2v) is 11.0. The number of halogens is 3. The maximum absolute atomic E-state index is 13.4. The average Bonchev–Trinajstić information content (AvgIpc) is 3.60. The molecule has 0 atom stereocenters. The highest BCUT2D eigenvalue weighted by Crippen LogP contribution is 2.38. The Kier molecular flexibility index (Phi) is 6.75. The van der Waals surface area contributed by atoms with Crippen LogP contribution in [0.15, 0.2) is 53.4 Å². The third kappa shape index (κ3) is 5.53. The zero-order valence-electron chi connectivity index (χ0n) is 18.9.